The number of thioether (sulfide) groups is 1. The van der Waals surface area contributed by atoms with Crippen molar-refractivity contribution in [3.63, 3.8) is 0 Å². The lowest BCUT2D eigenvalue weighted by molar-refractivity contribution is 0.199. The van der Waals surface area contributed by atoms with Gasteiger partial charge in [-0.25, -0.2) is 4.98 Å². The number of hydrogen-bond acceptors (Lipinski definition) is 4. The van der Waals surface area contributed by atoms with Crippen molar-refractivity contribution in [2.45, 2.75) is 24.3 Å². The molecule has 0 fully saturated rings. The van der Waals surface area contributed by atoms with E-state index in [4.69, 9.17) is 11.6 Å². The van der Waals surface area contributed by atoms with E-state index >= 15 is 0 Å². The van der Waals surface area contributed by atoms with E-state index in [1.165, 1.54) is 0 Å². The largest absolute Gasteiger partial charge is 0.392 e. The van der Waals surface area contributed by atoms with Crippen LogP contribution in [-0.2, 0) is 6.42 Å². The molecule has 0 saturated heterocycles. The van der Waals surface area contributed by atoms with Crippen LogP contribution in [0.4, 0.5) is 0 Å². The Morgan fingerprint density at radius 2 is 2.22 bits per heavy atom. The Bertz CT molecular complexity index is 515. The van der Waals surface area contributed by atoms with E-state index in [1.54, 1.807) is 23.1 Å². The predicted molar refractivity (Wildman–Crippen MR) is 78.7 cm³/mol. The zero-order valence-corrected chi connectivity index (χ0v) is 12.4. The first kappa shape index (κ1) is 13.9. The van der Waals surface area contributed by atoms with E-state index in [1.807, 2.05) is 36.6 Å². The summed E-state index contributed by atoms with van der Waals surface area (Å²) < 4.78 is 0. The number of nitrogens with zero attached hydrogens (tertiary/aromatic N) is 1. The number of aliphatic hydroxyl groups excluding tert-OH is 1. The molecule has 0 bridgehead atoms. The fourth-order valence-corrected chi connectivity index (χ4v) is 3.35. The maximum absolute atomic E-state index is 9.96. The summed E-state index contributed by atoms with van der Waals surface area (Å²) in [7, 11) is 0. The van der Waals surface area contributed by atoms with Crippen LogP contribution in [0.15, 0.2) is 34.5 Å². The molecule has 0 saturated carbocycles. The second-order valence-corrected chi connectivity index (χ2v) is 6.49. The Labute approximate surface area is 120 Å². The maximum Gasteiger partial charge on any atom is 0.0897 e. The third kappa shape index (κ3) is 3.99. The van der Waals surface area contributed by atoms with Gasteiger partial charge in [-0.3, -0.25) is 0 Å². The molecule has 5 heteroatoms. The predicted octanol–water partition coefficient (Wildman–Crippen LogP) is 3.80. The number of aromatic nitrogens is 1. The van der Waals surface area contributed by atoms with Crippen LogP contribution in [0.3, 0.4) is 0 Å². The number of thiazole rings is 1. The van der Waals surface area contributed by atoms with Crippen molar-refractivity contribution in [2.75, 3.05) is 5.75 Å². The van der Waals surface area contributed by atoms with Crippen molar-refractivity contribution in [1.82, 2.24) is 4.98 Å². The number of aryl methyl sites for hydroxylation is 1. The molecule has 2 aromatic rings. The second kappa shape index (κ2) is 6.57. The van der Waals surface area contributed by atoms with Crippen molar-refractivity contribution < 1.29 is 5.11 Å². The molecule has 1 aromatic carbocycles. The maximum atomic E-state index is 9.96. The van der Waals surface area contributed by atoms with Gasteiger partial charge >= 0.3 is 0 Å². The van der Waals surface area contributed by atoms with Gasteiger partial charge in [-0.2, -0.15) is 0 Å². The second-order valence-electron chi connectivity index (χ2n) is 3.96. The van der Waals surface area contributed by atoms with Crippen LogP contribution < -0.4 is 0 Å². The number of benzene rings is 1. The van der Waals surface area contributed by atoms with Gasteiger partial charge in [-0.15, -0.1) is 23.1 Å². The van der Waals surface area contributed by atoms with Gasteiger partial charge in [-0.1, -0.05) is 23.7 Å². The Kier molecular flexibility index (Phi) is 5.06. The molecule has 0 radical (unpaired) electrons. The molecule has 0 amide bonds. The number of hydrogen-bond donors (Lipinski definition) is 1. The average molecular weight is 300 g/mol. The molecule has 2 rings (SSSR count). The summed E-state index contributed by atoms with van der Waals surface area (Å²) in [6.07, 6.45) is 0.203. The molecule has 18 heavy (non-hydrogen) atoms. The molecule has 0 aliphatic carbocycles. The van der Waals surface area contributed by atoms with Crippen molar-refractivity contribution >= 4 is 34.7 Å². The minimum absolute atomic E-state index is 0.396. The number of halogens is 1. The molecule has 96 valence electrons. The fourth-order valence-electron chi connectivity index (χ4n) is 1.55. The third-order valence-electron chi connectivity index (χ3n) is 2.38. The molecule has 0 aliphatic rings. The highest BCUT2D eigenvalue weighted by Crippen LogP contribution is 2.27. The van der Waals surface area contributed by atoms with E-state index in [2.05, 4.69) is 4.98 Å². The summed E-state index contributed by atoms with van der Waals surface area (Å²) in [6.45, 7) is 1.97. The standard InChI is InChI=1S/C13H14ClNOS2/c1-9-15-10(7-17-9)6-11(16)8-18-13-5-3-2-4-12(13)14/h2-5,7,11,16H,6,8H2,1H3. The van der Waals surface area contributed by atoms with Crippen molar-refractivity contribution in [3.8, 4) is 0 Å². The van der Waals surface area contributed by atoms with Gasteiger partial charge in [-0.05, 0) is 19.1 Å². The third-order valence-corrected chi connectivity index (χ3v) is 4.86. The lowest BCUT2D eigenvalue weighted by Crippen LogP contribution is -2.13. The van der Waals surface area contributed by atoms with Gasteiger partial charge in [0, 0.05) is 22.4 Å². The van der Waals surface area contributed by atoms with Gasteiger partial charge in [0.25, 0.3) is 0 Å². The van der Waals surface area contributed by atoms with Crippen LogP contribution in [0.25, 0.3) is 0 Å². The molecular formula is C13H14ClNOS2. The quantitative estimate of drug-likeness (QED) is 0.853. The fraction of sp³-hybridized carbons (Fsp3) is 0.308. The summed E-state index contributed by atoms with van der Waals surface area (Å²) in [5, 5.41) is 13.7. The van der Waals surface area contributed by atoms with Crippen LogP contribution >= 0.6 is 34.7 Å². The van der Waals surface area contributed by atoms with Crippen molar-refractivity contribution in [2.24, 2.45) is 0 Å². The summed E-state index contributed by atoms with van der Waals surface area (Å²) in [5.41, 5.74) is 0.963. The zero-order valence-electron chi connectivity index (χ0n) is 9.97. The molecule has 2 nitrogen and oxygen atoms in total. The highest BCUT2D eigenvalue weighted by molar-refractivity contribution is 7.99. The summed E-state index contributed by atoms with van der Waals surface area (Å²) in [4.78, 5) is 5.35. The van der Waals surface area contributed by atoms with Gasteiger partial charge < -0.3 is 5.11 Å². The van der Waals surface area contributed by atoms with Crippen LogP contribution in [0.5, 0.6) is 0 Å². The lowest BCUT2D eigenvalue weighted by Gasteiger charge is -2.09. The number of rotatable bonds is 5. The molecular weight excluding hydrogens is 286 g/mol. The van der Waals surface area contributed by atoms with Crippen LogP contribution in [0, 0.1) is 6.92 Å². The van der Waals surface area contributed by atoms with Crippen LogP contribution in [0.2, 0.25) is 5.02 Å². The Balaban J connectivity index is 1.85. The normalized spacial score (nSPS) is 12.6. The first-order valence-corrected chi connectivity index (χ1v) is 7.86. The minimum atomic E-state index is -0.396. The topological polar surface area (TPSA) is 33.1 Å². The Morgan fingerprint density at radius 3 is 2.89 bits per heavy atom. The van der Waals surface area contributed by atoms with E-state index in [-0.39, 0.29) is 0 Å². The van der Waals surface area contributed by atoms with E-state index in [9.17, 15) is 5.11 Å². The summed E-state index contributed by atoms with van der Waals surface area (Å²) >= 11 is 9.25. The first-order valence-electron chi connectivity index (χ1n) is 5.61. The van der Waals surface area contributed by atoms with Crippen LogP contribution in [0.1, 0.15) is 10.7 Å². The molecule has 0 aliphatic heterocycles. The first-order chi connectivity index (χ1) is 8.65. The minimum Gasteiger partial charge on any atom is -0.392 e. The Hall–Kier alpha value is -0.550. The molecule has 0 spiro atoms. The van der Waals surface area contributed by atoms with Crippen molar-refractivity contribution in [3.05, 3.63) is 45.4 Å². The van der Waals surface area contributed by atoms with Crippen LogP contribution in [-0.4, -0.2) is 21.9 Å². The summed E-state index contributed by atoms with van der Waals surface area (Å²) in [5.74, 6) is 0.625. The highest BCUT2D eigenvalue weighted by atomic mass is 35.5. The average Bonchev–Trinajstić information content (AvgIpc) is 2.74. The smallest absolute Gasteiger partial charge is 0.0897 e. The monoisotopic (exact) mass is 299 g/mol. The van der Waals surface area contributed by atoms with Gasteiger partial charge in [0.15, 0.2) is 0 Å². The lowest BCUT2D eigenvalue weighted by atomic mass is 10.2. The molecule has 1 atom stereocenters. The number of aliphatic hydroxyl groups is 1. The molecule has 1 aromatic heterocycles. The summed E-state index contributed by atoms with van der Waals surface area (Å²) in [6, 6.07) is 7.68. The molecule has 1 heterocycles. The SMILES string of the molecule is Cc1nc(CC(O)CSc2ccccc2Cl)cs1. The van der Waals surface area contributed by atoms with E-state index in [0.717, 1.165) is 20.6 Å². The van der Waals surface area contributed by atoms with Gasteiger partial charge in [0.05, 0.1) is 21.8 Å². The van der Waals surface area contributed by atoms with Gasteiger partial charge in [0.2, 0.25) is 0 Å². The van der Waals surface area contributed by atoms with Crippen molar-refractivity contribution in [1.29, 1.82) is 0 Å². The zero-order chi connectivity index (χ0) is 13.0. The van der Waals surface area contributed by atoms with E-state index in [0.29, 0.717) is 12.2 Å². The highest BCUT2D eigenvalue weighted by Gasteiger charge is 2.09. The molecule has 1 N–H and O–H groups in total. The Morgan fingerprint density at radius 1 is 1.44 bits per heavy atom. The van der Waals surface area contributed by atoms with Gasteiger partial charge in [0.1, 0.15) is 0 Å². The molecule has 1 unspecified atom stereocenters. The van der Waals surface area contributed by atoms with E-state index < -0.39 is 6.10 Å².